The van der Waals surface area contributed by atoms with E-state index >= 15 is 0 Å². The Morgan fingerprint density at radius 1 is 1.50 bits per heavy atom. The van der Waals surface area contributed by atoms with Gasteiger partial charge in [0.05, 0.1) is 11.6 Å². The van der Waals surface area contributed by atoms with Gasteiger partial charge in [0.1, 0.15) is 0 Å². The second kappa shape index (κ2) is 4.11. The Kier molecular flexibility index (Phi) is 2.89. The number of carbonyl (C=O) groups excluding carboxylic acids is 1. The van der Waals surface area contributed by atoms with E-state index < -0.39 is 5.91 Å². The van der Waals surface area contributed by atoms with Crippen molar-refractivity contribution in [2.75, 3.05) is 0 Å². The van der Waals surface area contributed by atoms with Crippen LogP contribution in [0.4, 0.5) is 0 Å². The number of benzene rings is 1. The highest BCUT2D eigenvalue weighted by atomic mass is 16.1. The van der Waals surface area contributed by atoms with Crippen molar-refractivity contribution in [1.29, 1.82) is 5.26 Å². The van der Waals surface area contributed by atoms with Crippen molar-refractivity contribution in [2.45, 2.75) is 6.92 Å². The highest BCUT2D eigenvalue weighted by Crippen LogP contribution is 2.08. The van der Waals surface area contributed by atoms with E-state index in [2.05, 4.69) is 11.8 Å². The second-order valence-corrected chi connectivity index (χ2v) is 2.76. The lowest BCUT2D eigenvalue weighted by atomic mass is 10.1. The molecule has 0 aliphatic heterocycles. The van der Waals surface area contributed by atoms with Crippen molar-refractivity contribution in [3.63, 3.8) is 0 Å². The summed E-state index contributed by atoms with van der Waals surface area (Å²) in [5, 5.41) is 8.67. The van der Waals surface area contributed by atoms with Crippen LogP contribution >= 0.6 is 0 Å². The van der Waals surface area contributed by atoms with E-state index in [4.69, 9.17) is 11.0 Å². The van der Waals surface area contributed by atoms with E-state index in [1.165, 1.54) is 0 Å². The lowest BCUT2D eigenvalue weighted by Gasteiger charge is -1.96. The van der Waals surface area contributed by atoms with Gasteiger partial charge in [-0.25, -0.2) is 0 Å². The molecule has 0 aromatic heterocycles. The van der Waals surface area contributed by atoms with Crippen molar-refractivity contribution in [2.24, 2.45) is 5.73 Å². The minimum atomic E-state index is -0.660. The van der Waals surface area contributed by atoms with E-state index in [1.54, 1.807) is 18.2 Å². The summed E-state index contributed by atoms with van der Waals surface area (Å²) in [7, 11) is 0. The van der Waals surface area contributed by atoms with Gasteiger partial charge in [-0.05, 0) is 36.6 Å². The maximum atomic E-state index is 10.4. The van der Waals surface area contributed by atoms with Gasteiger partial charge >= 0.3 is 0 Å². The molecule has 0 saturated heterocycles. The zero-order valence-electron chi connectivity index (χ0n) is 7.66. The number of hydrogen-bond acceptors (Lipinski definition) is 2. The molecule has 1 amide bonds. The summed E-state index contributed by atoms with van der Waals surface area (Å²) in [6.45, 7) is 1.81. The fraction of sp³-hybridized carbons (Fsp3) is 0.0909. The van der Waals surface area contributed by atoms with Crippen molar-refractivity contribution in [1.82, 2.24) is 0 Å². The van der Waals surface area contributed by atoms with Gasteiger partial charge in [-0.3, -0.25) is 4.79 Å². The minimum absolute atomic E-state index is 0.606. The fourth-order valence-corrected chi connectivity index (χ4v) is 1.00. The highest BCUT2D eigenvalue weighted by molar-refractivity contribution is 5.92. The molecule has 0 atom stereocenters. The fourth-order valence-electron chi connectivity index (χ4n) is 1.00. The molecular formula is C11H8N2O. The van der Waals surface area contributed by atoms with Gasteiger partial charge in [0.25, 0.3) is 5.91 Å². The first-order valence-electron chi connectivity index (χ1n) is 3.95. The van der Waals surface area contributed by atoms with Gasteiger partial charge in [0.2, 0.25) is 0 Å². The zero-order chi connectivity index (χ0) is 10.6. The molecule has 0 fully saturated rings. The molecule has 1 rings (SSSR count). The van der Waals surface area contributed by atoms with Crippen LogP contribution in [0.1, 0.15) is 16.7 Å². The molecule has 14 heavy (non-hydrogen) atoms. The van der Waals surface area contributed by atoms with Crippen LogP contribution in [0.3, 0.4) is 0 Å². The summed E-state index contributed by atoms with van der Waals surface area (Å²) < 4.78 is 0. The van der Waals surface area contributed by atoms with Gasteiger partial charge in [0, 0.05) is 5.56 Å². The quantitative estimate of drug-likeness (QED) is 0.603. The Balaban J connectivity index is 3.07. The monoisotopic (exact) mass is 184 g/mol. The van der Waals surface area contributed by atoms with E-state index in [0.29, 0.717) is 11.1 Å². The molecule has 0 bridgehead atoms. The number of primary amides is 1. The predicted molar refractivity (Wildman–Crippen MR) is 52.0 cm³/mol. The molecule has 1 aromatic carbocycles. The highest BCUT2D eigenvalue weighted by Gasteiger charge is 1.96. The van der Waals surface area contributed by atoms with Crippen LogP contribution in [0, 0.1) is 30.1 Å². The molecule has 0 aliphatic rings. The van der Waals surface area contributed by atoms with Crippen molar-refractivity contribution < 1.29 is 4.79 Å². The number of carbonyl (C=O) groups is 1. The summed E-state index contributed by atoms with van der Waals surface area (Å²) in [5.41, 5.74) is 6.99. The molecule has 3 nitrogen and oxygen atoms in total. The Morgan fingerprint density at radius 2 is 2.21 bits per heavy atom. The maximum absolute atomic E-state index is 10.4. The van der Waals surface area contributed by atoms with E-state index in [0.717, 1.165) is 5.56 Å². The first-order chi connectivity index (χ1) is 6.63. The first kappa shape index (κ1) is 9.83. The molecular weight excluding hydrogens is 176 g/mol. The molecule has 3 heteroatoms. The van der Waals surface area contributed by atoms with Crippen molar-refractivity contribution in [3.8, 4) is 17.9 Å². The standard InChI is InChI=1S/C11H8N2O/c1-8-6-9(3-5-11(13)14)2-4-10(8)7-12/h2,4,6H,1H3,(H2,13,14). The molecule has 0 heterocycles. The Bertz CT molecular complexity index is 472. The number of nitrogens with zero attached hydrogens (tertiary/aromatic N) is 1. The van der Waals surface area contributed by atoms with E-state index in [1.807, 2.05) is 13.0 Å². The Morgan fingerprint density at radius 3 is 2.71 bits per heavy atom. The van der Waals surface area contributed by atoms with Crippen LogP contribution in [0.2, 0.25) is 0 Å². The predicted octanol–water partition coefficient (Wildman–Crippen LogP) is 0.704. The summed E-state index contributed by atoms with van der Waals surface area (Å²) in [6.07, 6.45) is 0. The van der Waals surface area contributed by atoms with Crippen LogP contribution in [0.25, 0.3) is 0 Å². The third kappa shape index (κ3) is 2.36. The topological polar surface area (TPSA) is 66.9 Å². The molecule has 0 spiro atoms. The van der Waals surface area contributed by atoms with Crippen LogP contribution in [-0.2, 0) is 4.79 Å². The molecule has 0 aliphatic carbocycles. The number of nitrogens with two attached hydrogens (primary N) is 1. The third-order valence-electron chi connectivity index (χ3n) is 1.68. The van der Waals surface area contributed by atoms with Crippen molar-refractivity contribution >= 4 is 5.91 Å². The van der Waals surface area contributed by atoms with E-state index in [9.17, 15) is 4.79 Å². The normalized spacial score (nSPS) is 8.29. The van der Waals surface area contributed by atoms with Crippen LogP contribution in [0.5, 0.6) is 0 Å². The van der Waals surface area contributed by atoms with Gasteiger partial charge in [0.15, 0.2) is 0 Å². The van der Waals surface area contributed by atoms with Crippen molar-refractivity contribution in [3.05, 3.63) is 34.9 Å². The molecule has 0 unspecified atom stereocenters. The lowest BCUT2D eigenvalue weighted by molar-refractivity contribution is -0.112. The zero-order valence-corrected chi connectivity index (χ0v) is 7.66. The van der Waals surface area contributed by atoms with Gasteiger partial charge in [-0.15, -0.1) is 0 Å². The SMILES string of the molecule is Cc1cc(C#CC(N)=O)ccc1C#N. The maximum Gasteiger partial charge on any atom is 0.293 e. The van der Waals surface area contributed by atoms with E-state index in [-0.39, 0.29) is 0 Å². The molecule has 0 saturated carbocycles. The number of hydrogen-bond donors (Lipinski definition) is 1. The van der Waals surface area contributed by atoms with Gasteiger partial charge < -0.3 is 5.73 Å². The molecule has 2 N–H and O–H groups in total. The number of nitriles is 1. The number of aryl methyl sites for hydroxylation is 1. The smallest absolute Gasteiger partial charge is 0.293 e. The number of rotatable bonds is 0. The summed E-state index contributed by atoms with van der Waals surface area (Å²) >= 11 is 0. The average molecular weight is 184 g/mol. The molecule has 0 radical (unpaired) electrons. The van der Waals surface area contributed by atoms with Crippen LogP contribution < -0.4 is 5.73 Å². The van der Waals surface area contributed by atoms with Gasteiger partial charge in [-0.2, -0.15) is 5.26 Å². The Hall–Kier alpha value is -2.26. The van der Waals surface area contributed by atoms with Crippen LogP contribution in [-0.4, -0.2) is 5.91 Å². The molecule has 1 aromatic rings. The minimum Gasteiger partial charge on any atom is -0.359 e. The molecule has 68 valence electrons. The second-order valence-electron chi connectivity index (χ2n) is 2.76. The lowest BCUT2D eigenvalue weighted by Crippen LogP contribution is -2.06. The summed E-state index contributed by atoms with van der Waals surface area (Å²) in [6, 6.07) is 7.14. The van der Waals surface area contributed by atoms with Gasteiger partial charge in [-0.1, -0.05) is 5.92 Å². The summed E-state index contributed by atoms with van der Waals surface area (Å²) in [5.74, 6) is 4.17. The number of amides is 1. The average Bonchev–Trinajstić information content (AvgIpc) is 2.15. The van der Waals surface area contributed by atoms with Crippen LogP contribution in [0.15, 0.2) is 18.2 Å². The largest absolute Gasteiger partial charge is 0.359 e. The third-order valence-corrected chi connectivity index (χ3v) is 1.68. The summed E-state index contributed by atoms with van der Waals surface area (Å²) in [4.78, 5) is 10.4. The first-order valence-corrected chi connectivity index (χ1v) is 3.95. The Labute approximate surface area is 82.1 Å².